The van der Waals surface area contributed by atoms with Gasteiger partial charge in [0.2, 0.25) is 0 Å². The number of ether oxygens (including phenoxy) is 2. The number of amides is 1. The summed E-state index contributed by atoms with van der Waals surface area (Å²) >= 11 is 5.86. The molecule has 0 spiro atoms. The van der Waals surface area contributed by atoms with Gasteiger partial charge < -0.3 is 14.8 Å². The van der Waals surface area contributed by atoms with Crippen LogP contribution in [0.3, 0.4) is 0 Å². The summed E-state index contributed by atoms with van der Waals surface area (Å²) < 4.78 is 10.7. The summed E-state index contributed by atoms with van der Waals surface area (Å²) in [5.74, 6) is 0.694. The Labute approximate surface area is 167 Å². The van der Waals surface area contributed by atoms with Crippen LogP contribution >= 0.6 is 11.6 Å². The molecule has 0 aliphatic carbocycles. The van der Waals surface area contributed by atoms with Crippen molar-refractivity contribution in [3.63, 3.8) is 0 Å². The minimum atomic E-state index is -0.522. The molecule has 1 amide bonds. The van der Waals surface area contributed by atoms with Gasteiger partial charge in [0, 0.05) is 16.3 Å². The molecule has 0 atom stereocenters. The molecule has 3 aromatic rings. The van der Waals surface area contributed by atoms with E-state index in [1.54, 1.807) is 44.6 Å². The van der Waals surface area contributed by atoms with Crippen molar-refractivity contribution in [2.75, 3.05) is 19.5 Å². The summed E-state index contributed by atoms with van der Waals surface area (Å²) in [7, 11) is 3.12. The largest absolute Gasteiger partial charge is 0.497 e. The maximum Gasteiger partial charge on any atom is 0.266 e. The van der Waals surface area contributed by atoms with E-state index in [0.29, 0.717) is 27.8 Å². The molecule has 0 aliphatic heterocycles. The number of carbonyl (C=O) groups is 1. The summed E-state index contributed by atoms with van der Waals surface area (Å²) in [6.45, 7) is 0. The van der Waals surface area contributed by atoms with E-state index < -0.39 is 5.91 Å². The second-order valence-corrected chi connectivity index (χ2v) is 6.34. The first-order valence-electron chi connectivity index (χ1n) is 8.39. The van der Waals surface area contributed by atoms with Gasteiger partial charge in [0.1, 0.15) is 23.1 Å². The lowest BCUT2D eigenvalue weighted by atomic mass is 10.0. The van der Waals surface area contributed by atoms with Gasteiger partial charge in [0.05, 0.1) is 14.2 Å². The molecule has 0 unspecified atom stereocenters. The van der Waals surface area contributed by atoms with Crippen molar-refractivity contribution in [1.82, 2.24) is 0 Å². The molecular weight excluding hydrogens is 376 g/mol. The molecular formula is C22H17ClN2O3. The third-order valence-corrected chi connectivity index (χ3v) is 4.46. The fourth-order valence-electron chi connectivity index (χ4n) is 2.78. The zero-order valence-corrected chi connectivity index (χ0v) is 16.1. The van der Waals surface area contributed by atoms with Gasteiger partial charge in [-0.1, -0.05) is 23.7 Å². The van der Waals surface area contributed by atoms with Crippen LogP contribution in [0.2, 0.25) is 5.02 Å². The smallest absolute Gasteiger partial charge is 0.266 e. The van der Waals surface area contributed by atoms with Gasteiger partial charge >= 0.3 is 0 Å². The number of nitriles is 1. The van der Waals surface area contributed by atoms with Crippen molar-refractivity contribution in [2.45, 2.75) is 0 Å². The maximum atomic E-state index is 12.6. The van der Waals surface area contributed by atoms with Crippen LogP contribution in [-0.2, 0) is 4.79 Å². The van der Waals surface area contributed by atoms with Crippen molar-refractivity contribution in [1.29, 1.82) is 5.26 Å². The average molecular weight is 393 g/mol. The molecule has 1 N–H and O–H groups in total. The Morgan fingerprint density at radius 2 is 1.79 bits per heavy atom. The number of methoxy groups -OCH3 is 2. The maximum absolute atomic E-state index is 12.6. The Hall–Kier alpha value is -3.49. The van der Waals surface area contributed by atoms with Crippen molar-refractivity contribution in [2.24, 2.45) is 0 Å². The quantitative estimate of drug-likeness (QED) is 0.486. The van der Waals surface area contributed by atoms with Crippen LogP contribution in [0.4, 0.5) is 5.69 Å². The van der Waals surface area contributed by atoms with Crippen LogP contribution in [0.15, 0.2) is 60.2 Å². The molecule has 3 aromatic carbocycles. The van der Waals surface area contributed by atoms with Gasteiger partial charge in [-0.3, -0.25) is 4.79 Å². The highest BCUT2D eigenvalue weighted by Gasteiger charge is 2.14. The molecule has 6 heteroatoms. The number of hydrogen-bond acceptors (Lipinski definition) is 4. The predicted molar refractivity (Wildman–Crippen MR) is 111 cm³/mol. The molecule has 5 nitrogen and oxygen atoms in total. The summed E-state index contributed by atoms with van der Waals surface area (Å²) in [6.07, 6.45) is 1.52. The number of benzene rings is 3. The summed E-state index contributed by atoms with van der Waals surface area (Å²) in [5, 5.41) is 14.5. The molecule has 0 aromatic heterocycles. The predicted octanol–water partition coefficient (Wildman–Crippen LogP) is 5.06. The number of hydrogen-bond donors (Lipinski definition) is 1. The number of nitrogens with one attached hydrogen (secondary N) is 1. The summed E-state index contributed by atoms with van der Waals surface area (Å²) in [6, 6.07) is 17.9. The molecule has 0 heterocycles. The van der Waals surface area contributed by atoms with Gasteiger partial charge in [-0.25, -0.2) is 0 Å². The molecule has 0 saturated heterocycles. The highest BCUT2D eigenvalue weighted by Crippen LogP contribution is 2.32. The number of anilines is 1. The van der Waals surface area contributed by atoms with E-state index >= 15 is 0 Å². The van der Waals surface area contributed by atoms with Gasteiger partial charge in [-0.2, -0.15) is 5.26 Å². The van der Waals surface area contributed by atoms with Gasteiger partial charge in [0.25, 0.3) is 5.91 Å². The van der Waals surface area contributed by atoms with E-state index in [9.17, 15) is 10.1 Å². The highest BCUT2D eigenvalue weighted by atomic mass is 35.5. The van der Waals surface area contributed by atoms with E-state index in [4.69, 9.17) is 21.1 Å². The molecule has 0 fully saturated rings. The standard InChI is InChI=1S/C22H17ClN2O3/c1-27-18-9-3-14-4-10-21(28-2)20(19(14)12-18)11-15(13-24)22(26)25-17-7-5-16(23)6-8-17/h3-12H,1-2H3,(H,25,26)/b15-11+. The minimum absolute atomic E-state index is 0.0523. The molecule has 3 rings (SSSR count). The van der Waals surface area contributed by atoms with Crippen molar-refractivity contribution >= 4 is 40.0 Å². The van der Waals surface area contributed by atoms with Crippen molar-refractivity contribution < 1.29 is 14.3 Å². The molecule has 0 radical (unpaired) electrons. The van der Waals surface area contributed by atoms with E-state index in [2.05, 4.69) is 5.32 Å². The van der Waals surface area contributed by atoms with Crippen LogP contribution in [0, 0.1) is 11.3 Å². The lowest BCUT2D eigenvalue weighted by Crippen LogP contribution is -2.13. The minimum Gasteiger partial charge on any atom is -0.497 e. The number of fused-ring (bicyclic) bond motifs is 1. The first kappa shape index (κ1) is 19.3. The number of carbonyl (C=O) groups excluding carboxylic acids is 1. The Morgan fingerprint density at radius 3 is 2.43 bits per heavy atom. The highest BCUT2D eigenvalue weighted by molar-refractivity contribution is 6.30. The Morgan fingerprint density at radius 1 is 1.07 bits per heavy atom. The van der Waals surface area contributed by atoms with Crippen LogP contribution in [0.1, 0.15) is 5.56 Å². The Bertz CT molecular complexity index is 1090. The van der Waals surface area contributed by atoms with Gasteiger partial charge in [-0.15, -0.1) is 0 Å². The van der Waals surface area contributed by atoms with E-state index in [1.165, 1.54) is 6.08 Å². The SMILES string of the molecule is COc1ccc2ccc(OC)c(/C=C(\C#N)C(=O)Nc3ccc(Cl)cc3)c2c1. The normalized spacial score (nSPS) is 11.0. The lowest BCUT2D eigenvalue weighted by molar-refractivity contribution is -0.112. The molecule has 0 saturated carbocycles. The second kappa shape index (κ2) is 8.47. The number of nitrogens with zero attached hydrogens (tertiary/aromatic N) is 1. The van der Waals surface area contributed by atoms with Crippen LogP contribution < -0.4 is 14.8 Å². The van der Waals surface area contributed by atoms with Crippen LogP contribution in [0.5, 0.6) is 11.5 Å². The number of rotatable bonds is 5. The first-order chi connectivity index (χ1) is 13.5. The van der Waals surface area contributed by atoms with E-state index in [-0.39, 0.29) is 5.57 Å². The lowest BCUT2D eigenvalue weighted by Gasteiger charge is -2.11. The van der Waals surface area contributed by atoms with Crippen LogP contribution in [0.25, 0.3) is 16.8 Å². The Kier molecular flexibility index (Phi) is 5.83. The molecule has 0 aliphatic rings. The first-order valence-corrected chi connectivity index (χ1v) is 8.77. The van der Waals surface area contributed by atoms with Gasteiger partial charge in [-0.05, 0) is 59.3 Å². The fourth-order valence-corrected chi connectivity index (χ4v) is 2.91. The third-order valence-electron chi connectivity index (χ3n) is 4.21. The zero-order chi connectivity index (χ0) is 20.1. The number of halogens is 1. The van der Waals surface area contributed by atoms with Crippen LogP contribution in [-0.4, -0.2) is 20.1 Å². The van der Waals surface area contributed by atoms with E-state index in [0.717, 1.165) is 10.8 Å². The van der Waals surface area contributed by atoms with Crippen molar-refractivity contribution in [3.05, 3.63) is 70.8 Å². The summed E-state index contributed by atoms with van der Waals surface area (Å²) in [4.78, 5) is 12.6. The summed E-state index contributed by atoms with van der Waals surface area (Å²) in [5.41, 5.74) is 1.12. The fraction of sp³-hybridized carbons (Fsp3) is 0.0909. The molecule has 0 bridgehead atoms. The molecule has 140 valence electrons. The van der Waals surface area contributed by atoms with E-state index in [1.807, 2.05) is 30.3 Å². The van der Waals surface area contributed by atoms with Crippen molar-refractivity contribution in [3.8, 4) is 17.6 Å². The zero-order valence-electron chi connectivity index (χ0n) is 15.3. The third kappa shape index (κ3) is 4.08. The molecule has 28 heavy (non-hydrogen) atoms. The topological polar surface area (TPSA) is 71.3 Å². The second-order valence-electron chi connectivity index (χ2n) is 5.90. The monoisotopic (exact) mass is 392 g/mol. The van der Waals surface area contributed by atoms with Gasteiger partial charge in [0.15, 0.2) is 0 Å². The Balaban J connectivity index is 2.05. The average Bonchev–Trinajstić information content (AvgIpc) is 2.72.